The van der Waals surface area contributed by atoms with Crippen LogP contribution < -0.4 is 15.4 Å². The summed E-state index contributed by atoms with van der Waals surface area (Å²) in [5.41, 5.74) is 1.93. The van der Waals surface area contributed by atoms with Crippen LogP contribution in [0.4, 0.5) is 5.69 Å². The van der Waals surface area contributed by atoms with E-state index in [1.165, 1.54) is 11.8 Å². The number of methoxy groups -OCH3 is 1. The van der Waals surface area contributed by atoms with Crippen LogP contribution in [0.15, 0.2) is 47.5 Å². The molecule has 2 heterocycles. The van der Waals surface area contributed by atoms with Gasteiger partial charge in [-0.25, -0.2) is 8.42 Å². The van der Waals surface area contributed by atoms with Crippen molar-refractivity contribution in [3.8, 4) is 5.75 Å². The maximum atomic E-state index is 12.6. The van der Waals surface area contributed by atoms with Crippen LogP contribution in [0.1, 0.15) is 15.9 Å². The summed E-state index contributed by atoms with van der Waals surface area (Å²) < 4.78 is 28.6. The molecular weight excluding hydrogens is 446 g/mol. The van der Waals surface area contributed by atoms with Gasteiger partial charge >= 0.3 is 0 Å². The number of halogens is 1. The van der Waals surface area contributed by atoms with Crippen molar-refractivity contribution >= 4 is 50.0 Å². The molecule has 2 atom stereocenters. The highest BCUT2D eigenvalue weighted by molar-refractivity contribution is 8.15. The SMILES string of the molecule is COc1cccc(CNC(=O)c2ccc(Cl)c(NC3=N[C@@H]4CS(=O)(=O)C[C@H]4S3)c2)c1. The third-order valence-corrected chi connectivity index (χ3v) is 8.35. The van der Waals surface area contributed by atoms with Gasteiger partial charge in [-0.15, -0.1) is 0 Å². The molecule has 4 rings (SSSR count). The summed E-state index contributed by atoms with van der Waals surface area (Å²) in [6.07, 6.45) is 0. The standard InChI is InChI=1S/C20H20ClN3O4S2/c1-28-14-4-2-3-12(7-14)9-22-19(25)13-5-6-15(21)16(8-13)23-20-24-17-10-30(26,27)11-18(17)29-20/h2-8,17-18H,9-11H2,1H3,(H,22,25)(H,23,24)/t17-,18-/m1/s1. The van der Waals surface area contributed by atoms with Gasteiger partial charge in [0.1, 0.15) is 5.75 Å². The fourth-order valence-corrected chi connectivity index (χ4v) is 7.19. The smallest absolute Gasteiger partial charge is 0.251 e. The Morgan fingerprint density at radius 1 is 1.27 bits per heavy atom. The van der Waals surface area contributed by atoms with Crippen molar-refractivity contribution in [2.45, 2.75) is 17.8 Å². The molecule has 0 saturated carbocycles. The first-order valence-corrected chi connectivity index (χ1v) is 12.3. The minimum atomic E-state index is -3.00. The average Bonchev–Trinajstić information content (AvgIpc) is 3.20. The summed E-state index contributed by atoms with van der Waals surface area (Å²) in [6, 6.07) is 12.2. The number of nitrogens with one attached hydrogen (secondary N) is 2. The zero-order valence-electron chi connectivity index (χ0n) is 16.1. The largest absolute Gasteiger partial charge is 0.497 e. The summed E-state index contributed by atoms with van der Waals surface area (Å²) in [7, 11) is -1.41. The number of rotatable bonds is 5. The second-order valence-electron chi connectivity index (χ2n) is 7.09. The second-order valence-corrected chi connectivity index (χ2v) is 10.9. The van der Waals surface area contributed by atoms with Crippen LogP contribution >= 0.6 is 23.4 Å². The van der Waals surface area contributed by atoms with Crippen molar-refractivity contribution in [2.75, 3.05) is 23.9 Å². The van der Waals surface area contributed by atoms with Crippen molar-refractivity contribution in [1.29, 1.82) is 0 Å². The zero-order chi connectivity index (χ0) is 21.3. The van der Waals surface area contributed by atoms with Crippen molar-refractivity contribution in [1.82, 2.24) is 5.32 Å². The molecular formula is C20H20ClN3O4S2. The van der Waals surface area contributed by atoms with Gasteiger partial charge in [-0.05, 0) is 35.9 Å². The third-order valence-electron chi connectivity index (χ3n) is 4.88. The summed E-state index contributed by atoms with van der Waals surface area (Å²) in [5, 5.41) is 7.03. The van der Waals surface area contributed by atoms with E-state index in [4.69, 9.17) is 16.3 Å². The zero-order valence-corrected chi connectivity index (χ0v) is 18.5. The molecule has 1 fully saturated rings. The quantitative estimate of drug-likeness (QED) is 0.704. The third kappa shape index (κ3) is 4.74. The van der Waals surface area contributed by atoms with Crippen LogP contribution in [0.25, 0.3) is 0 Å². The van der Waals surface area contributed by atoms with Gasteiger partial charge in [0.2, 0.25) is 0 Å². The van der Waals surface area contributed by atoms with Crippen LogP contribution in [0.5, 0.6) is 5.75 Å². The Morgan fingerprint density at radius 3 is 2.87 bits per heavy atom. The highest BCUT2D eigenvalue weighted by Crippen LogP contribution is 2.35. The molecule has 0 aromatic heterocycles. The Labute approximate surface area is 184 Å². The first-order chi connectivity index (χ1) is 14.3. The summed E-state index contributed by atoms with van der Waals surface area (Å²) in [4.78, 5) is 17.1. The van der Waals surface area contributed by atoms with Gasteiger partial charge in [-0.3, -0.25) is 9.79 Å². The van der Waals surface area contributed by atoms with E-state index in [1.807, 2.05) is 24.3 Å². The lowest BCUT2D eigenvalue weighted by Gasteiger charge is -2.11. The molecule has 1 saturated heterocycles. The average molecular weight is 466 g/mol. The van der Waals surface area contributed by atoms with Crippen LogP contribution in [0, 0.1) is 0 Å². The maximum Gasteiger partial charge on any atom is 0.251 e. The summed E-state index contributed by atoms with van der Waals surface area (Å²) in [6.45, 7) is 0.363. The van der Waals surface area contributed by atoms with Crippen molar-refractivity contribution in [3.63, 3.8) is 0 Å². The Balaban J connectivity index is 1.42. The van der Waals surface area contributed by atoms with Gasteiger partial charge in [0.05, 0.1) is 35.4 Å². The fourth-order valence-electron chi connectivity index (χ4n) is 3.36. The minimum Gasteiger partial charge on any atom is -0.497 e. The van der Waals surface area contributed by atoms with Crippen molar-refractivity contribution in [3.05, 3.63) is 58.6 Å². The lowest BCUT2D eigenvalue weighted by Crippen LogP contribution is -2.23. The van der Waals surface area contributed by atoms with Gasteiger partial charge < -0.3 is 15.4 Å². The number of hydrogen-bond acceptors (Lipinski definition) is 7. The number of ether oxygens (including phenoxy) is 1. The van der Waals surface area contributed by atoms with Crippen molar-refractivity contribution < 1.29 is 17.9 Å². The van der Waals surface area contributed by atoms with E-state index in [0.717, 1.165) is 11.3 Å². The minimum absolute atomic E-state index is 0.0642. The van der Waals surface area contributed by atoms with E-state index < -0.39 is 9.84 Å². The number of amidine groups is 1. The number of amides is 1. The van der Waals surface area contributed by atoms with E-state index in [9.17, 15) is 13.2 Å². The van der Waals surface area contributed by atoms with E-state index in [2.05, 4.69) is 15.6 Å². The number of benzene rings is 2. The summed E-state index contributed by atoms with van der Waals surface area (Å²) in [5.74, 6) is 0.710. The molecule has 0 aliphatic carbocycles. The molecule has 30 heavy (non-hydrogen) atoms. The van der Waals surface area contributed by atoms with E-state index in [0.29, 0.717) is 28.0 Å². The van der Waals surface area contributed by atoms with Gasteiger partial charge in [0, 0.05) is 17.4 Å². The molecule has 1 amide bonds. The molecule has 2 aliphatic rings. The highest BCUT2D eigenvalue weighted by Gasteiger charge is 2.42. The van der Waals surface area contributed by atoms with E-state index in [1.54, 1.807) is 25.3 Å². The Morgan fingerprint density at radius 2 is 2.10 bits per heavy atom. The Kier molecular flexibility index (Phi) is 5.95. The molecule has 0 radical (unpaired) electrons. The van der Waals surface area contributed by atoms with Gasteiger partial charge in [-0.1, -0.05) is 35.5 Å². The Bertz CT molecular complexity index is 1120. The number of nitrogens with zero attached hydrogens (tertiary/aromatic N) is 1. The van der Waals surface area contributed by atoms with Gasteiger partial charge in [-0.2, -0.15) is 0 Å². The van der Waals surface area contributed by atoms with Crippen LogP contribution in [-0.2, 0) is 16.4 Å². The van der Waals surface area contributed by atoms with Crippen LogP contribution in [0.3, 0.4) is 0 Å². The molecule has 158 valence electrons. The topological polar surface area (TPSA) is 96.9 Å². The lowest BCUT2D eigenvalue weighted by atomic mass is 10.1. The van der Waals surface area contributed by atoms with E-state index in [-0.39, 0.29) is 28.7 Å². The number of fused-ring (bicyclic) bond motifs is 1. The highest BCUT2D eigenvalue weighted by atomic mass is 35.5. The van der Waals surface area contributed by atoms with Crippen molar-refractivity contribution in [2.24, 2.45) is 4.99 Å². The van der Waals surface area contributed by atoms with E-state index >= 15 is 0 Å². The summed E-state index contributed by atoms with van der Waals surface area (Å²) >= 11 is 7.68. The molecule has 2 aromatic rings. The first-order valence-electron chi connectivity index (χ1n) is 9.25. The van der Waals surface area contributed by atoms with Crippen LogP contribution in [-0.4, -0.2) is 49.4 Å². The Hall–Kier alpha value is -2.23. The molecule has 2 N–H and O–H groups in total. The predicted octanol–water partition coefficient (Wildman–Crippen LogP) is 2.96. The normalized spacial score (nSPS) is 21.6. The lowest BCUT2D eigenvalue weighted by molar-refractivity contribution is 0.0951. The number of hydrogen-bond donors (Lipinski definition) is 2. The molecule has 10 heteroatoms. The molecule has 0 unspecified atom stereocenters. The van der Waals surface area contributed by atoms with Gasteiger partial charge in [0.25, 0.3) is 5.91 Å². The number of sulfone groups is 1. The first kappa shape index (κ1) is 21.0. The maximum absolute atomic E-state index is 12.6. The number of carbonyl (C=O) groups excluding carboxylic acids is 1. The fraction of sp³-hybridized carbons (Fsp3) is 0.300. The number of anilines is 1. The predicted molar refractivity (Wildman–Crippen MR) is 120 cm³/mol. The molecule has 2 aliphatic heterocycles. The number of carbonyl (C=O) groups is 1. The number of thioether (sulfide) groups is 1. The second kappa shape index (κ2) is 8.49. The molecule has 0 spiro atoms. The van der Waals surface area contributed by atoms with Gasteiger partial charge in [0.15, 0.2) is 15.0 Å². The van der Waals surface area contributed by atoms with Crippen LogP contribution in [0.2, 0.25) is 5.02 Å². The number of aliphatic imine (C=N–C) groups is 1. The monoisotopic (exact) mass is 465 g/mol. The molecule has 2 aromatic carbocycles. The molecule has 7 nitrogen and oxygen atoms in total. The molecule has 0 bridgehead atoms.